The quantitative estimate of drug-likeness (QED) is 0.738. The molecule has 2 amide bonds. The number of urea groups is 1. The van der Waals surface area contributed by atoms with E-state index in [1.54, 1.807) is 0 Å². The number of nitrogens with zero attached hydrogens (tertiary/aromatic N) is 2. The molecule has 0 radical (unpaired) electrons. The molecule has 2 atom stereocenters. The minimum Gasteiger partial charge on any atom is -0.396 e. The van der Waals surface area contributed by atoms with E-state index in [9.17, 15) is 9.90 Å². The Balaban J connectivity index is 1.78. The summed E-state index contributed by atoms with van der Waals surface area (Å²) in [6, 6.07) is 1.84. The highest BCUT2D eigenvalue weighted by Crippen LogP contribution is 2.31. The Morgan fingerprint density at radius 2 is 1.96 bits per heavy atom. The van der Waals surface area contributed by atoms with Gasteiger partial charge in [-0.3, -0.25) is 4.90 Å². The molecule has 5 nitrogen and oxygen atoms in total. The molecule has 2 fully saturated rings. The SMILES string of the molecule is CC(C)N1[C@H]2CC[C@H]1CN(C(=O)NCCCC(C)(C)CO)CC2. The van der Waals surface area contributed by atoms with Crippen LogP contribution in [-0.2, 0) is 0 Å². The summed E-state index contributed by atoms with van der Waals surface area (Å²) in [6.07, 6.45) is 5.44. The smallest absolute Gasteiger partial charge is 0.317 e. The topological polar surface area (TPSA) is 55.8 Å². The monoisotopic (exact) mass is 325 g/mol. The van der Waals surface area contributed by atoms with Gasteiger partial charge in [-0.05, 0) is 51.4 Å². The Bertz CT molecular complexity index is 398. The number of fused-ring (bicyclic) bond motifs is 2. The molecule has 2 aliphatic rings. The summed E-state index contributed by atoms with van der Waals surface area (Å²) >= 11 is 0. The van der Waals surface area contributed by atoms with Gasteiger partial charge in [0.25, 0.3) is 0 Å². The van der Waals surface area contributed by atoms with Gasteiger partial charge in [-0.15, -0.1) is 0 Å². The first-order valence-corrected chi connectivity index (χ1v) is 9.25. The Kier molecular flexibility index (Phi) is 6.32. The van der Waals surface area contributed by atoms with Gasteiger partial charge in [-0.2, -0.15) is 0 Å². The van der Waals surface area contributed by atoms with Gasteiger partial charge in [0, 0.05) is 44.4 Å². The highest BCUT2D eigenvalue weighted by atomic mass is 16.3. The second kappa shape index (κ2) is 7.84. The summed E-state index contributed by atoms with van der Waals surface area (Å²) in [5.74, 6) is 0. The third-order valence-corrected chi connectivity index (χ3v) is 5.46. The van der Waals surface area contributed by atoms with Crippen LogP contribution in [0.4, 0.5) is 4.79 Å². The second-order valence-electron chi connectivity index (χ2n) is 8.32. The van der Waals surface area contributed by atoms with Crippen LogP contribution < -0.4 is 5.32 Å². The van der Waals surface area contributed by atoms with Crippen molar-refractivity contribution in [2.45, 2.75) is 77.9 Å². The molecule has 0 aliphatic carbocycles. The largest absolute Gasteiger partial charge is 0.396 e. The number of aliphatic hydroxyl groups is 1. The van der Waals surface area contributed by atoms with Gasteiger partial charge in [0.1, 0.15) is 0 Å². The van der Waals surface area contributed by atoms with E-state index < -0.39 is 0 Å². The van der Waals surface area contributed by atoms with E-state index in [1.165, 1.54) is 12.8 Å². The summed E-state index contributed by atoms with van der Waals surface area (Å²) in [5.41, 5.74) is -0.0513. The predicted octanol–water partition coefficient (Wildman–Crippen LogP) is 2.44. The maximum Gasteiger partial charge on any atom is 0.317 e. The predicted molar refractivity (Wildman–Crippen MR) is 93.5 cm³/mol. The van der Waals surface area contributed by atoms with Gasteiger partial charge >= 0.3 is 6.03 Å². The van der Waals surface area contributed by atoms with Crippen LogP contribution in [0.3, 0.4) is 0 Å². The van der Waals surface area contributed by atoms with E-state index in [0.29, 0.717) is 24.7 Å². The fourth-order valence-electron chi connectivity index (χ4n) is 4.09. The molecule has 0 aromatic carbocycles. The average molecular weight is 325 g/mol. The Hall–Kier alpha value is -0.810. The van der Waals surface area contributed by atoms with E-state index in [0.717, 1.165) is 32.4 Å². The first-order chi connectivity index (χ1) is 10.8. The zero-order valence-corrected chi connectivity index (χ0v) is 15.3. The summed E-state index contributed by atoms with van der Waals surface area (Å²) in [5, 5.41) is 12.3. The molecule has 2 rings (SSSR count). The Morgan fingerprint density at radius 1 is 1.26 bits per heavy atom. The van der Waals surface area contributed by atoms with Crippen molar-refractivity contribution in [2.24, 2.45) is 5.41 Å². The van der Waals surface area contributed by atoms with Gasteiger partial charge in [-0.25, -0.2) is 4.79 Å². The molecule has 2 bridgehead atoms. The maximum atomic E-state index is 12.4. The van der Waals surface area contributed by atoms with Gasteiger partial charge in [0.2, 0.25) is 0 Å². The van der Waals surface area contributed by atoms with E-state index in [1.807, 2.05) is 4.90 Å². The van der Waals surface area contributed by atoms with Gasteiger partial charge in [0.05, 0.1) is 0 Å². The zero-order valence-electron chi connectivity index (χ0n) is 15.3. The third-order valence-electron chi connectivity index (χ3n) is 5.46. The van der Waals surface area contributed by atoms with Crippen LogP contribution in [0.2, 0.25) is 0 Å². The number of rotatable bonds is 6. The summed E-state index contributed by atoms with van der Waals surface area (Å²) in [7, 11) is 0. The van der Waals surface area contributed by atoms with Gasteiger partial charge in [0.15, 0.2) is 0 Å². The molecule has 2 heterocycles. The van der Waals surface area contributed by atoms with E-state index >= 15 is 0 Å². The lowest BCUT2D eigenvalue weighted by atomic mass is 9.89. The number of nitrogens with one attached hydrogen (secondary N) is 1. The fourth-order valence-corrected chi connectivity index (χ4v) is 4.09. The molecule has 2 N–H and O–H groups in total. The van der Waals surface area contributed by atoms with E-state index in [4.69, 9.17) is 0 Å². The number of hydrogen-bond donors (Lipinski definition) is 2. The minimum atomic E-state index is -0.0513. The lowest BCUT2D eigenvalue weighted by molar-refractivity contribution is 0.144. The van der Waals surface area contributed by atoms with Crippen LogP contribution in [0.25, 0.3) is 0 Å². The van der Waals surface area contributed by atoms with Crippen LogP contribution in [0, 0.1) is 5.41 Å². The second-order valence-corrected chi connectivity index (χ2v) is 8.32. The molecule has 2 saturated heterocycles. The number of carbonyl (C=O) groups is 1. The number of likely N-dealkylation sites (tertiary alicyclic amines) is 1. The summed E-state index contributed by atoms with van der Waals surface area (Å²) in [6.45, 7) is 11.3. The molecule has 0 aromatic heterocycles. The minimum absolute atomic E-state index is 0.0513. The fraction of sp³-hybridized carbons (Fsp3) is 0.944. The van der Waals surface area contributed by atoms with Crippen LogP contribution in [0.15, 0.2) is 0 Å². The average Bonchev–Trinajstić information content (AvgIpc) is 2.78. The molecular weight excluding hydrogens is 290 g/mol. The molecule has 0 spiro atoms. The van der Waals surface area contributed by atoms with Crippen LogP contribution in [-0.4, -0.2) is 65.3 Å². The summed E-state index contributed by atoms with van der Waals surface area (Å²) in [4.78, 5) is 17.1. The van der Waals surface area contributed by atoms with Crippen LogP contribution in [0.5, 0.6) is 0 Å². The Morgan fingerprint density at radius 3 is 2.61 bits per heavy atom. The lowest BCUT2D eigenvalue weighted by Gasteiger charge is -2.32. The van der Waals surface area contributed by atoms with E-state index in [-0.39, 0.29) is 18.1 Å². The van der Waals surface area contributed by atoms with Crippen molar-refractivity contribution in [2.75, 3.05) is 26.2 Å². The maximum absolute atomic E-state index is 12.4. The van der Waals surface area contributed by atoms with Crippen molar-refractivity contribution in [3.63, 3.8) is 0 Å². The standard InChI is InChI=1S/C18H35N3O2/c1-14(2)21-15-6-7-16(21)12-20(11-8-15)17(23)19-10-5-9-18(3,4)13-22/h14-16,22H,5-13H2,1-4H3,(H,19,23)/t15-,16-/m0/s1. The number of carbonyl (C=O) groups excluding carboxylic acids is 1. The summed E-state index contributed by atoms with van der Waals surface area (Å²) < 4.78 is 0. The number of amides is 2. The lowest BCUT2D eigenvalue weighted by Crippen LogP contribution is -2.47. The van der Waals surface area contributed by atoms with Crippen molar-refractivity contribution >= 4 is 6.03 Å². The molecule has 0 aromatic rings. The highest BCUT2D eigenvalue weighted by molar-refractivity contribution is 5.74. The zero-order chi connectivity index (χ0) is 17.0. The first-order valence-electron chi connectivity index (χ1n) is 9.25. The molecule has 23 heavy (non-hydrogen) atoms. The molecule has 0 unspecified atom stereocenters. The Labute approximate surface area is 141 Å². The van der Waals surface area contributed by atoms with Crippen LogP contribution in [0.1, 0.15) is 59.8 Å². The molecule has 134 valence electrons. The van der Waals surface area contributed by atoms with Crippen molar-refractivity contribution in [3.05, 3.63) is 0 Å². The van der Waals surface area contributed by atoms with Crippen LogP contribution >= 0.6 is 0 Å². The van der Waals surface area contributed by atoms with Gasteiger partial charge in [-0.1, -0.05) is 13.8 Å². The van der Waals surface area contributed by atoms with Crippen molar-refractivity contribution in [1.82, 2.24) is 15.1 Å². The van der Waals surface area contributed by atoms with Crippen molar-refractivity contribution in [3.8, 4) is 0 Å². The number of aliphatic hydroxyl groups excluding tert-OH is 1. The molecule has 5 heteroatoms. The highest BCUT2D eigenvalue weighted by Gasteiger charge is 2.39. The number of hydrogen-bond acceptors (Lipinski definition) is 3. The van der Waals surface area contributed by atoms with Gasteiger partial charge < -0.3 is 15.3 Å². The molecular formula is C18H35N3O2. The third kappa shape index (κ3) is 4.83. The van der Waals surface area contributed by atoms with E-state index in [2.05, 4.69) is 37.9 Å². The molecule has 0 saturated carbocycles. The van der Waals surface area contributed by atoms with Crippen molar-refractivity contribution < 1.29 is 9.90 Å². The normalized spacial score (nSPS) is 25.7. The van der Waals surface area contributed by atoms with Crippen molar-refractivity contribution in [1.29, 1.82) is 0 Å². The molecule has 2 aliphatic heterocycles. The first kappa shape index (κ1) is 18.5.